The van der Waals surface area contributed by atoms with Crippen LogP contribution in [0.5, 0.6) is 0 Å². The Morgan fingerprint density at radius 3 is 1.56 bits per heavy atom. The van der Waals surface area contributed by atoms with Gasteiger partial charge >= 0.3 is 0 Å². The number of nitrogens with zero attached hydrogens (tertiary/aromatic N) is 1. The van der Waals surface area contributed by atoms with Crippen molar-refractivity contribution in [1.29, 1.82) is 0 Å². The number of aryl methyl sites for hydroxylation is 1. The summed E-state index contributed by atoms with van der Waals surface area (Å²) in [6, 6.07) is 75.3. The Kier molecular flexibility index (Phi) is 8.32. The minimum Gasteiger partial charge on any atom is -0.310 e. The molecule has 9 aromatic carbocycles. The monoisotopic (exact) mass is 719 g/mol. The lowest BCUT2D eigenvalue weighted by Crippen LogP contribution is -2.11. The SMILES string of the molecule is Cc1cccc2sc3cc(N(c4ccc(-c5cc6ccccc6cc5-c5ccccc5)cc4)c4cc(-c5ccccc5)ccc4-c4ccccc4)ccc3c12. The van der Waals surface area contributed by atoms with E-state index in [2.05, 4.69) is 218 Å². The fraction of sp³-hybridized carbons (Fsp3) is 0.0189. The van der Waals surface area contributed by atoms with Crippen LogP contribution in [-0.4, -0.2) is 0 Å². The van der Waals surface area contributed by atoms with Crippen molar-refractivity contribution in [3.05, 3.63) is 212 Å². The van der Waals surface area contributed by atoms with Crippen LogP contribution in [0.3, 0.4) is 0 Å². The standard InChI is InChI=1S/C53H37NS/c1-36-14-13-23-51-53(36)47-31-29-45(35-52(47)55-51)54(50-34-43(37-15-5-2-6-16-37)26-30-46(50)38-17-7-3-8-18-38)44-27-24-40(25-28-44)49-33-42-22-12-11-21-41(42)32-48(49)39-19-9-4-10-20-39/h2-35H,1H3. The largest absolute Gasteiger partial charge is 0.310 e. The molecule has 0 saturated carbocycles. The predicted molar refractivity (Wildman–Crippen MR) is 238 cm³/mol. The van der Waals surface area contributed by atoms with Crippen LogP contribution in [0, 0.1) is 6.92 Å². The fourth-order valence-electron chi connectivity index (χ4n) is 8.07. The van der Waals surface area contributed by atoms with Gasteiger partial charge in [-0.2, -0.15) is 0 Å². The first-order valence-corrected chi connectivity index (χ1v) is 19.7. The molecule has 0 N–H and O–H groups in total. The van der Waals surface area contributed by atoms with Crippen LogP contribution in [-0.2, 0) is 0 Å². The first-order valence-electron chi connectivity index (χ1n) is 18.8. The number of anilines is 3. The Morgan fingerprint density at radius 1 is 0.364 bits per heavy atom. The van der Waals surface area contributed by atoms with Crippen molar-refractivity contribution >= 4 is 59.3 Å². The van der Waals surface area contributed by atoms with Crippen LogP contribution in [0.1, 0.15) is 5.56 Å². The molecule has 1 aromatic heterocycles. The van der Waals surface area contributed by atoms with E-state index in [1.54, 1.807) is 0 Å². The zero-order chi connectivity index (χ0) is 36.7. The highest BCUT2D eigenvalue weighted by Crippen LogP contribution is 2.46. The Morgan fingerprint density at radius 2 is 0.909 bits per heavy atom. The van der Waals surface area contributed by atoms with Gasteiger partial charge in [0.1, 0.15) is 0 Å². The summed E-state index contributed by atoms with van der Waals surface area (Å²) in [4.78, 5) is 2.45. The molecular weight excluding hydrogens is 683 g/mol. The molecular formula is C53H37NS. The van der Waals surface area contributed by atoms with E-state index >= 15 is 0 Å². The summed E-state index contributed by atoms with van der Waals surface area (Å²) in [7, 11) is 0. The van der Waals surface area contributed by atoms with Crippen molar-refractivity contribution in [2.75, 3.05) is 4.90 Å². The van der Waals surface area contributed by atoms with E-state index in [1.165, 1.54) is 81.0 Å². The van der Waals surface area contributed by atoms with E-state index in [-0.39, 0.29) is 0 Å². The number of thiophene rings is 1. The van der Waals surface area contributed by atoms with Gasteiger partial charge in [0.05, 0.1) is 5.69 Å². The minimum absolute atomic E-state index is 1.10. The smallest absolute Gasteiger partial charge is 0.0546 e. The maximum absolute atomic E-state index is 2.45. The van der Waals surface area contributed by atoms with E-state index in [0.29, 0.717) is 0 Å². The van der Waals surface area contributed by atoms with Crippen LogP contribution in [0.2, 0.25) is 0 Å². The quantitative estimate of drug-likeness (QED) is 0.159. The molecule has 10 rings (SSSR count). The molecule has 1 nitrogen and oxygen atoms in total. The maximum atomic E-state index is 2.45. The summed E-state index contributed by atoms with van der Waals surface area (Å²) >= 11 is 1.87. The Hall–Kier alpha value is -6.74. The van der Waals surface area contributed by atoms with Gasteiger partial charge in [0, 0.05) is 37.1 Å². The Labute approximate surface area is 326 Å². The van der Waals surface area contributed by atoms with Gasteiger partial charge in [0.25, 0.3) is 0 Å². The molecule has 0 aliphatic heterocycles. The second kappa shape index (κ2) is 13.9. The van der Waals surface area contributed by atoms with Gasteiger partial charge < -0.3 is 4.90 Å². The highest BCUT2D eigenvalue weighted by Gasteiger charge is 2.21. The van der Waals surface area contributed by atoms with Crippen LogP contribution in [0.4, 0.5) is 17.1 Å². The molecule has 0 unspecified atom stereocenters. The molecule has 0 aliphatic carbocycles. The van der Waals surface area contributed by atoms with E-state index in [9.17, 15) is 0 Å². The average Bonchev–Trinajstić information content (AvgIpc) is 3.64. The molecule has 1 heterocycles. The zero-order valence-electron chi connectivity index (χ0n) is 30.5. The van der Waals surface area contributed by atoms with Gasteiger partial charge in [-0.1, -0.05) is 158 Å². The van der Waals surface area contributed by atoms with Crippen LogP contribution in [0.25, 0.3) is 75.5 Å². The molecule has 10 aromatic rings. The number of hydrogen-bond donors (Lipinski definition) is 0. The van der Waals surface area contributed by atoms with Crippen molar-refractivity contribution in [2.45, 2.75) is 6.92 Å². The lowest BCUT2D eigenvalue weighted by molar-refractivity contribution is 1.29. The molecule has 0 spiro atoms. The number of rotatable bonds is 7. The van der Waals surface area contributed by atoms with Crippen molar-refractivity contribution in [2.24, 2.45) is 0 Å². The zero-order valence-corrected chi connectivity index (χ0v) is 31.3. The fourth-order valence-corrected chi connectivity index (χ4v) is 9.29. The van der Waals surface area contributed by atoms with E-state index in [4.69, 9.17) is 0 Å². The van der Waals surface area contributed by atoms with Crippen molar-refractivity contribution in [3.63, 3.8) is 0 Å². The second-order valence-electron chi connectivity index (χ2n) is 14.2. The molecule has 0 aliphatic rings. The first-order chi connectivity index (χ1) is 27.2. The molecule has 0 bridgehead atoms. The average molecular weight is 720 g/mol. The summed E-state index contributed by atoms with van der Waals surface area (Å²) < 4.78 is 2.61. The van der Waals surface area contributed by atoms with Crippen LogP contribution >= 0.6 is 11.3 Å². The molecule has 260 valence electrons. The van der Waals surface area contributed by atoms with Crippen molar-refractivity contribution in [1.82, 2.24) is 0 Å². The molecule has 55 heavy (non-hydrogen) atoms. The van der Waals surface area contributed by atoms with E-state index in [1.807, 2.05) is 11.3 Å². The topological polar surface area (TPSA) is 3.24 Å². The first kappa shape index (κ1) is 32.9. The third kappa shape index (κ3) is 6.07. The van der Waals surface area contributed by atoms with Gasteiger partial charge in [-0.15, -0.1) is 11.3 Å². The molecule has 2 heteroatoms. The summed E-state index contributed by atoms with van der Waals surface area (Å²) in [6.07, 6.45) is 0. The molecule has 0 amide bonds. The number of hydrogen-bond acceptors (Lipinski definition) is 2. The number of benzene rings is 9. The van der Waals surface area contributed by atoms with Gasteiger partial charge in [-0.25, -0.2) is 0 Å². The van der Waals surface area contributed by atoms with Gasteiger partial charge in [-0.05, 0) is 111 Å². The lowest BCUT2D eigenvalue weighted by atomic mass is 9.91. The molecule has 0 fully saturated rings. The van der Waals surface area contributed by atoms with E-state index in [0.717, 1.165) is 17.1 Å². The summed E-state index contributed by atoms with van der Waals surface area (Å²) in [5, 5.41) is 5.14. The summed E-state index contributed by atoms with van der Waals surface area (Å²) in [6.45, 7) is 2.22. The third-order valence-corrected chi connectivity index (χ3v) is 11.9. The summed E-state index contributed by atoms with van der Waals surface area (Å²) in [5.74, 6) is 0. The van der Waals surface area contributed by atoms with Crippen LogP contribution < -0.4 is 4.90 Å². The van der Waals surface area contributed by atoms with Gasteiger partial charge in [0.15, 0.2) is 0 Å². The molecule has 0 atom stereocenters. The van der Waals surface area contributed by atoms with Crippen molar-refractivity contribution in [3.8, 4) is 44.5 Å². The normalized spacial score (nSPS) is 11.4. The number of fused-ring (bicyclic) bond motifs is 4. The highest BCUT2D eigenvalue weighted by atomic mass is 32.1. The molecule has 0 radical (unpaired) electrons. The minimum atomic E-state index is 1.10. The third-order valence-electron chi connectivity index (χ3n) is 10.8. The van der Waals surface area contributed by atoms with Crippen LogP contribution in [0.15, 0.2) is 206 Å². The predicted octanol–water partition coefficient (Wildman–Crippen LogP) is 15.7. The maximum Gasteiger partial charge on any atom is 0.0546 e. The lowest BCUT2D eigenvalue weighted by Gasteiger charge is -2.29. The summed E-state index contributed by atoms with van der Waals surface area (Å²) in [5.41, 5.74) is 14.3. The Bertz CT molecular complexity index is 2960. The second-order valence-corrected chi connectivity index (χ2v) is 15.3. The van der Waals surface area contributed by atoms with Gasteiger partial charge in [-0.3, -0.25) is 0 Å². The van der Waals surface area contributed by atoms with E-state index < -0.39 is 0 Å². The Balaban J connectivity index is 1.19. The molecule has 0 saturated heterocycles. The van der Waals surface area contributed by atoms with Gasteiger partial charge in [0.2, 0.25) is 0 Å². The highest BCUT2D eigenvalue weighted by molar-refractivity contribution is 7.25. The van der Waals surface area contributed by atoms with Crippen molar-refractivity contribution < 1.29 is 0 Å².